The molecule has 1 aromatic carbocycles. The van der Waals surface area contributed by atoms with Crippen molar-refractivity contribution in [2.24, 2.45) is 0 Å². The van der Waals surface area contributed by atoms with Crippen molar-refractivity contribution in [3.8, 4) is 0 Å². The minimum absolute atomic E-state index is 0.777. The van der Waals surface area contributed by atoms with E-state index in [0.717, 1.165) is 37.4 Å². The van der Waals surface area contributed by atoms with Crippen molar-refractivity contribution >= 4 is 10.9 Å². The highest BCUT2D eigenvalue weighted by Crippen LogP contribution is 2.24. The van der Waals surface area contributed by atoms with E-state index in [4.69, 9.17) is 4.52 Å². The zero-order valence-electron chi connectivity index (χ0n) is 12.0. The first-order valence-electron chi connectivity index (χ1n) is 7.64. The molecule has 0 amide bonds. The second-order valence-corrected chi connectivity index (χ2v) is 5.70. The van der Waals surface area contributed by atoms with E-state index in [1.165, 1.54) is 34.9 Å². The van der Waals surface area contributed by atoms with E-state index in [2.05, 4.69) is 39.7 Å². The van der Waals surface area contributed by atoms with Crippen LogP contribution in [0.15, 0.2) is 35.0 Å². The van der Waals surface area contributed by atoms with Gasteiger partial charge in [-0.1, -0.05) is 17.3 Å². The van der Waals surface area contributed by atoms with Crippen LogP contribution in [-0.2, 0) is 25.9 Å². The topological polar surface area (TPSA) is 53.9 Å². The van der Waals surface area contributed by atoms with Gasteiger partial charge in [0.25, 0.3) is 0 Å². The number of nitrogens with zero attached hydrogens (tertiary/aromatic N) is 1. The van der Waals surface area contributed by atoms with Crippen LogP contribution in [0.4, 0.5) is 0 Å². The third-order valence-electron chi connectivity index (χ3n) is 4.32. The molecular formula is C17H19N3O. The van der Waals surface area contributed by atoms with Crippen LogP contribution in [0.2, 0.25) is 0 Å². The Balaban J connectivity index is 1.46. The van der Waals surface area contributed by atoms with E-state index in [1.54, 1.807) is 0 Å². The molecule has 0 aliphatic heterocycles. The van der Waals surface area contributed by atoms with Crippen LogP contribution in [-0.4, -0.2) is 10.1 Å². The fourth-order valence-electron chi connectivity index (χ4n) is 3.21. The highest BCUT2D eigenvalue weighted by molar-refractivity contribution is 5.82. The van der Waals surface area contributed by atoms with Crippen molar-refractivity contribution < 1.29 is 4.52 Å². The average molecular weight is 281 g/mol. The fourth-order valence-corrected chi connectivity index (χ4v) is 3.21. The summed E-state index contributed by atoms with van der Waals surface area (Å²) in [6.45, 7) is 1.62. The molecule has 4 rings (SSSR count). The molecule has 0 radical (unpaired) electrons. The molecule has 2 heterocycles. The highest BCUT2D eigenvalue weighted by Gasteiger charge is 2.18. The Morgan fingerprint density at radius 1 is 1.14 bits per heavy atom. The van der Waals surface area contributed by atoms with Crippen LogP contribution in [0.3, 0.4) is 0 Å². The SMILES string of the molecule is c1cc(CNCc2noc3c2CCCC3)c2cc[nH]c2c1. The Kier molecular flexibility index (Phi) is 3.24. The van der Waals surface area contributed by atoms with E-state index in [1.807, 2.05) is 6.20 Å². The average Bonchev–Trinajstić information content (AvgIpc) is 3.15. The van der Waals surface area contributed by atoms with Gasteiger partial charge < -0.3 is 14.8 Å². The second-order valence-electron chi connectivity index (χ2n) is 5.70. The summed E-state index contributed by atoms with van der Waals surface area (Å²) in [6, 6.07) is 8.49. The molecule has 21 heavy (non-hydrogen) atoms. The molecule has 1 aliphatic rings. The molecule has 4 nitrogen and oxygen atoms in total. The number of hydrogen-bond donors (Lipinski definition) is 2. The smallest absolute Gasteiger partial charge is 0.140 e. The van der Waals surface area contributed by atoms with E-state index in [9.17, 15) is 0 Å². The van der Waals surface area contributed by atoms with Gasteiger partial charge >= 0.3 is 0 Å². The molecule has 0 saturated carbocycles. The maximum absolute atomic E-state index is 5.45. The van der Waals surface area contributed by atoms with Gasteiger partial charge in [-0.25, -0.2) is 0 Å². The first-order valence-corrected chi connectivity index (χ1v) is 7.64. The van der Waals surface area contributed by atoms with Crippen LogP contribution >= 0.6 is 0 Å². The van der Waals surface area contributed by atoms with Gasteiger partial charge in [0, 0.05) is 42.2 Å². The standard InChI is InChI=1S/C17H19N3O/c1-2-7-17-14(5-1)16(20-21-17)11-18-10-12-4-3-6-15-13(12)8-9-19-15/h3-4,6,8-9,18-19H,1-2,5,7,10-11H2. The van der Waals surface area contributed by atoms with Gasteiger partial charge in [0.15, 0.2) is 0 Å². The number of aromatic nitrogens is 2. The predicted molar refractivity (Wildman–Crippen MR) is 82.0 cm³/mol. The van der Waals surface area contributed by atoms with Gasteiger partial charge in [0.05, 0.1) is 0 Å². The summed E-state index contributed by atoms with van der Waals surface area (Å²) < 4.78 is 5.45. The zero-order chi connectivity index (χ0) is 14.1. The Hall–Kier alpha value is -2.07. The van der Waals surface area contributed by atoms with Crippen LogP contribution in [0, 0.1) is 0 Å². The van der Waals surface area contributed by atoms with Crippen molar-refractivity contribution in [1.29, 1.82) is 0 Å². The second kappa shape index (κ2) is 5.37. The normalized spacial score (nSPS) is 14.5. The lowest BCUT2D eigenvalue weighted by molar-refractivity contribution is 0.366. The quantitative estimate of drug-likeness (QED) is 0.771. The number of aryl methyl sites for hydroxylation is 1. The molecule has 0 fully saturated rings. The van der Waals surface area contributed by atoms with Crippen molar-refractivity contribution in [2.45, 2.75) is 38.8 Å². The van der Waals surface area contributed by atoms with Crippen LogP contribution in [0.5, 0.6) is 0 Å². The van der Waals surface area contributed by atoms with Crippen molar-refractivity contribution in [3.63, 3.8) is 0 Å². The molecule has 0 atom stereocenters. The Bertz CT molecular complexity index is 756. The molecule has 4 heteroatoms. The molecule has 0 spiro atoms. The van der Waals surface area contributed by atoms with E-state index >= 15 is 0 Å². The monoisotopic (exact) mass is 281 g/mol. The van der Waals surface area contributed by atoms with Gasteiger partial charge in [-0.15, -0.1) is 0 Å². The van der Waals surface area contributed by atoms with E-state index in [0.29, 0.717) is 0 Å². The fraction of sp³-hybridized carbons (Fsp3) is 0.353. The Morgan fingerprint density at radius 3 is 3.10 bits per heavy atom. The lowest BCUT2D eigenvalue weighted by Gasteiger charge is -2.10. The van der Waals surface area contributed by atoms with Gasteiger partial charge in [0.2, 0.25) is 0 Å². The Morgan fingerprint density at radius 2 is 2.10 bits per heavy atom. The van der Waals surface area contributed by atoms with Gasteiger partial charge in [-0.3, -0.25) is 0 Å². The zero-order valence-corrected chi connectivity index (χ0v) is 12.0. The number of H-pyrrole nitrogens is 1. The first-order chi connectivity index (χ1) is 10.4. The molecule has 1 aliphatic carbocycles. The summed E-state index contributed by atoms with van der Waals surface area (Å²) in [5.41, 5.74) is 4.93. The van der Waals surface area contributed by atoms with E-state index < -0.39 is 0 Å². The lowest BCUT2D eigenvalue weighted by Crippen LogP contribution is -2.15. The molecule has 2 aromatic heterocycles. The van der Waals surface area contributed by atoms with Gasteiger partial charge in [0.1, 0.15) is 11.5 Å². The summed E-state index contributed by atoms with van der Waals surface area (Å²) in [4.78, 5) is 3.25. The van der Waals surface area contributed by atoms with Crippen LogP contribution < -0.4 is 5.32 Å². The summed E-state index contributed by atoms with van der Waals surface area (Å²) in [5.74, 6) is 1.10. The summed E-state index contributed by atoms with van der Waals surface area (Å²) in [5, 5.41) is 9.02. The molecule has 0 saturated heterocycles. The maximum Gasteiger partial charge on any atom is 0.140 e. The minimum atomic E-state index is 0.777. The summed E-state index contributed by atoms with van der Waals surface area (Å²) in [7, 11) is 0. The number of nitrogens with one attached hydrogen (secondary N) is 2. The number of rotatable bonds is 4. The van der Waals surface area contributed by atoms with Gasteiger partial charge in [-0.05, 0) is 37.0 Å². The minimum Gasteiger partial charge on any atom is -0.361 e. The summed E-state index contributed by atoms with van der Waals surface area (Å²) >= 11 is 0. The third-order valence-corrected chi connectivity index (χ3v) is 4.32. The number of fused-ring (bicyclic) bond motifs is 2. The van der Waals surface area contributed by atoms with Crippen LogP contribution in [0.1, 0.15) is 35.4 Å². The number of aromatic amines is 1. The van der Waals surface area contributed by atoms with Crippen molar-refractivity contribution in [3.05, 3.63) is 53.0 Å². The molecular weight excluding hydrogens is 262 g/mol. The lowest BCUT2D eigenvalue weighted by atomic mass is 9.96. The molecule has 2 N–H and O–H groups in total. The first kappa shape index (κ1) is 12.7. The maximum atomic E-state index is 5.45. The number of hydrogen-bond acceptors (Lipinski definition) is 3. The Labute approximate surface area is 123 Å². The number of benzene rings is 1. The summed E-state index contributed by atoms with van der Waals surface area (Å²) in [6.07, 6.45) is 6.63. The van der Waals surface area contributed by atoms with Crippen molar-refractivity contribution in [2.75, 3.05) is 0 Å². The van der Waals surface area contributed by atoms with Gasteiger partial charge in [-0.2, -0.15) is 0 Å². The largest absolute Gasteiger partial charge is 0.361 e. The molecule has 0 unspecified atom stereocenters. The van der Waals surface area contributed by atoms with Crippen molar-refractivity contribution in [1.82, 2.24) is 15.5 Å². The highest BCUT2D eigenvalue weighted by atomic mass is 16.5. The predicted octanol–water partition coefficient (Wildman–Crippen LogP) is 3.32. The van der Waals surface area contributed by atoms with E-state index in [-0.39, 0.29) is 0 Å². The third kappa shape index (κ3) is 2.36. The molecule has 108 valence electrons. The van der Waals surface area contributed by atoms with Crippen LogP contribution in [0.25, 0.3) is 10.9 Å². The molecule has 3 aromatic rings. The molecule has 0 bridgehead atoms.